The topological polar surface area (TPSA) is 101 Å². The van der Waals surface area contributed by atoms with Crippen LogP contribution in [-0.2, 0) is 9.53 Å². The molecular weight excluding hydrogens is 415 g/mol. The third kappa shape index (κ3) is 6.11. The summed E-state index contributed by atoms with van der Waals surface area (Å²) in [6, 6.07) is 4.25. The minimum absolute atomic E-state index is 0.208. The second-order valence-corrected chi connectivity index (χ2v) is 7.60. The van der Waals surface area contributed by atoms with Crippen molar-refractivity contribution in [2.75, 3.05) is 31.3 Å². The second-order valence-electron chi connectivity index (χ2n) is 7.60. The Kier molecular flexibility index (Phi) is 7.16. The number of carbonyl (C=O) groups excluding carboxylic acids is 2. The summed E-state index contributed by atoms with van der Waals surface area (Å²) in [4.78, 5) is 34.3. The Morgan fingerprint density at radius 3 is 2.72 bits per heavy atom. The van der Waals surface area contributed by atoms with E-state index in [1.165, 1.54) is 30.5 Å². The van der Waals surface area contributed by atoms with Crippen molar-refractivity contribution in [2.24, 2.45) is 0 Å². The molecule has 0 saturated carbocycles. The van der Waals surface area contributed by atoms with E-state index in [4.69, 9.17) is 4.74 Å². The number of anilines is 2. The zero-order chi connectivity index (χ0) is 23.3. The first kappa shape index (κ1) is 22.9. The van der Waals surface area contributed by atoms with Gasteiger partial charge < -0.3 is 15.0 Å². The summed E-state index contributed by atoms with van der Waals surface area (Å²) < 4.78 is 21.1. The summed E-state index contributed by atoms with van der Waals surface area (Å²) in [5.41, 5.74) is 1.37. The molecule has 9 nitrogen and oxygen atoms in total. The lowest BCUT2D eigenvalue weighted by Crippen LogP contribution is -2.18. The van der Waals surface area contributed by atoms with E-state index < -0.39 is 11.9 Å². The summed E-state index contributed by atoms with van der Waals surface area (Å²) in [7, 11) is 3.79. The fraction of sp³-hybridized carbons (Fsp3) is 0.273. The van der Waals surface area contributed by atoms with Crippen LogP contribution in [0, 0.1) is 5.82 Å². The molecule has 0 unspecified atom stereocenters. The number of nitrogens with one attached hydrogen (secondary N) is 2. The van der Waals surface area contributed by atoms with Gasteiger partial charge in [0, 0.05) is 36.3 Å². The molecule has 32 heavy (non-hydrogen) atoms. The zero-order valence-electron chi connectivity index (χ0n) is 18.3. The van der Waals surface area contributed by atoms with Crippen molar-refractivity contribution in [3.63, 3.8) is 0 Å². The molecule has 168 valence electrons. The molecule has 2 heterocycles. The molecule has 0 bridgehead atoms. The summed E-state index contributed by atoms with van der Waals surface area (Å²) in [5.74, 6) is -0.485. The number of aromatic nitrogens is 3. The molecule has 3 rings (SSSR count). The maximum Gasteiger partial charge on any atom is 0.411 e. The lowest BCUT2D eigenvalue weighted by molar-refractivity contribution is -0.111. The number of ether oxygens (including phenoxy) is 1. The third-order valence-corrected chi connectivity index (χ3v) is 4.15. The van der Waals surface area contributed by atoms with Crippen molar-refractivity contribution >= 4 is 29.2 Å². The minimum atomic E-state index is -0.601. The first-order chi connectivity index (χ1) is 15.2. The minimum Gasteiger partial charge on any atom is -0.447 e. The summed E-state index contributed by atoms with van der Waals surface area (Å²) in [5, 5.41) is 5.29. The lowest BCUT2D eigenvalue weighted by atomic mass is 10.1. The van der Waals surface area contributed by atoms with Crippen LogP contribution in [0.15, 0.2) is 48.9 Å². The van der Waals surface area contributed by atoms with E-state index in [0.717, 1.165) is 0 Å². The van der Waals surface area contributed by atoms with E-state index in [1.807, 2.05) is 19.0 Å². The van der Waals surface area contributed by atoms with Crippen molar-refractivity contribution < 1.29 is 18.7 Å². The molecule has 10 heteroatoms. The number of imidazole rings is 1. The molecule has 0 atom stereocenters. The van der Waals surface area contributed by atoms with Gasteiger partial charge in [0.15, 0.2) is 0 Å². The highest BCUT2D eigenvalue weighted by Crippen LogP contribution is 2.26. The van der Waals surface area contributed by atoms with E-state index in [2.05, 4.69) is 20.6 Å². The van der Waals surface area contributed by atoms with E-state index in [1.54, 1.807) is 36.7 Å². The number of carbonyl (C=O) groups is 2. The quantitative estimate of drug-likeness (QED) is 0.545. The fourth-order valence-electron chi connectivity index (χ4n) is 2.79. The van der Waals surface area contributed by atoms with Gasteiger partial charge in [0.2, 0.25) is 11.7 Å². The van der Waals surface area contributed by atoms with Gasteiger partial charge in [0.25, 0.3) is 0 Å². The van der Waals surface area contributed by atoms with Crippen LogP contribution in [0.1, 0.15) is 13.8 Å². The first-order valence-corrected chi connectivity index (χ1v) is 9.96. The van der Waals surface area contributed by atoms with E-state index in [9.17, 15) is 14.0 Å². The van der Waals surface area contributed by atoms with Crippen molar-refractivity contribution in [1.82, 2.24) is 19.3 Å². The number of halogens is 1. The van der Waals surface area contributed by atoms with Gasteiger partial charge in [0.05, 0.1) is 23.7 Å². The Labute approximate surface area is 184 Å². The highest BCUT2D eigenvalue weighted by atomic mass is 19.1. The highest BCUT2D eigenvalue weighted by molar-refractivity contribution is 5.99. The Morgan fingerprint density at radius 1 is 1.22 bits per heavy atom. The van der Waals surface area contributed by atoms with Crippen LogP contribution in [0.2, 0.25) is 0 Å². The van der Waals surface area contributed by atoms with Crippen LogP contribution >= 0.6 is 0 Å². The molecule has 0 fully saturated rings. The number of likely N-dealkylation sites (N-methyl/N-ethyl adjacent to an activating group) is 1. The average Bonchev–Trinajstić information content (AvgIpc) is 3.11. The van der Waals surface area contributed by atoms with Crippen molar-refractivity contribution in [2.45, 2.75) is 20.0 Å². The van der Waals surface area contributed by atoms with Crippen molar-refractivity contribution in [3.05, 3.63) is 54.8 Å². The van der Waals surface area contributed by atoms with E-state index in [0.29, 0.717) is 29.4 Å². The molecule has 0 aliphatic heterocycles. The van der Waals surface area contributed by atoms with Gasteiger partial charge >= 0.3 is 6.09 Å². The van der Waals surface area contributed by atoms with Gasteiger partial charge in [-0.1, -0.05) is 6.08 Å². The monoisotopic (exact) mass is 440 g/mol. The molecule has 0 spiro atoms. The lowest BCUT2D eigenvalue weighted by Gasteiger charge is -2.09. The van der Waals surface area contributed by atoms with Gasteiger partial charge in [-0.2, -0.15) is 0 Å². The smallest absolute Gasteiger partial charge is 0.411 e. The van der Waals surface area contributed by atoms with Gasteiger partial charge in [-0.25, -0.2) is 19.2 Å². The predicted octanol–water partition coefficient (Wildman–Crippen LogP) is 3.55. The number of benzene rings is 1. The van der Waals surface area contributed by atoms with Crippen LogP contribution in [0.4, 0.5) is 20.6 Å². The van der Waals surface area contributed by atoms with Gasteiger partial charge in [-0.3, -0.25) is 14.5 Å². The largest absolute Gasteiger partial charge is 0.447 e. The fourth-order valence-corrected chi connectivity index (χ4v) is 2.79. The average molecular weight is 440 g/mol. The van der Waals surface area contributed by atoms with Crippen LogP contribution in [0.3, 0.4) is 0 Å². The maximum atomic E-state index is 14.5. The molecule has 0 aliphatic carbocycles. The van der Waals surface area contributed by atoms with Crippen LogP contribution < -0.4 is 10.6 Å². The van der Waals surface area contributed by atoms with Crippen LogP contribution in [0.5, 0.6) is 0 Å². The van der Waals surface area contributed by atoms with Crippen molar-refractivity contribution in [1.29, 1.82) is 0 Å². The molecule has 0 radical (unpaired) electrons. The maximum absolute atomic E-state index is 14.5. The van der Waals surface area contributed by atoms with Gasteiger partial charge in [0.1, 0.15) is 5.82 Å². The molecule has 3 aromatic rings. The molecule has 0 saturated heterocycles. The molecule has 2 aromatic heterocycles. The number of hydrogen-bond acceptors (Lipinski definition) is 6. The zero-order valence-corrected chi connectivity index (χ0v) is 18.3. The number of hydrogen-bond donors (Lipinski definition) is 2. The number of nitrogens with zero attached hydrogens (tertiary/aromatic N) is 4. The standard InChI is InChI=1S/C22H25FN6O3/c1-14(2)32-22(31)26-16-11-24-21-27-19(13-29(21)12-16)17-10-15(7-8-18(17)23)25-20(30)6-5-9-28(3)4/h5-8,10-14H,9H2,1-4H3,(H,25,30)(H,26,31)/b6-5+. The molecule has 0 aliphatic rings. The third-order valence-electron chi connectivity index (χ3n) is 4.15. The van der Waals surface area contributed by atoms with Gasteiger partial charge in [-0.15, -0.1) is 0 Å². The summed E-state index contributed by atoms with van der Waals surface area (Å²) >= 11 is 0. The number of amides is 2. The molecule has 2 N–H and O–H groups in total. The Hall–Kier alpha value is -3.79. The first-order valence-electron chi connectivity index (χ1n) is 9.96. The highest BCUT2D eigenvalue weighted by Gasteiger charge is 2.13. The van der Waals surface area contributed by atoms with Gasteiger partial charge in [-0.05, 0) is 46.1 Å². The number of fused-ring (bicyclic) bond motifs is 1. The Morgan fingerprint density at radius 2 is 2.00 bits per heavy atom. The van der Waals surface area contributed by atoms with E-state index in [-0.39, 0.29) is 17.6 Å². The SMILES string of the molecule is CC(C)OC(=O)Nc1cnc2nc(-c3cc(NC(=O)/C=C/CN(C)C)ccc3F)cn2c1. The Balaban J connectivity index is 1.80. The molecule has 1 aromatic carbocycles. The van der Waals surface area contributed by atoms with E-state index >= 15 is 0 Å². The molecule has 2 amide bonds. The van der Waals surface area contributed by atoms with Crippen molar-refractivity contribution in [3.8, 4) is 11.3 Å². The second kappa shape index (κ2) is 10.0. The summed E-state index contributed by atoms with van der Waals surface area (Å²) in [6.45, 7) is 4.12. The molecular formula is C22H25FN6O3. The Bertz CT molecular complexity index is 1160. The van der Waals surface area contributed by atoms with Crippen LogP contribution in [-0.4, -0.2) is 58.0 Å². The predicted molar refractivity (Wildman–Crippen MR) is 120 cm³/mol. The normalized spacial score (nSPS) is 11.5. The summed E-state index contributed by atoms with van der Waals surface area (Å²) in [6.07, 6.45) is 6.91. The van der Waals surface area contributed by atoms with Crippen LogP contribution in [0.25, 0.3) is 17.0 Å². The number of rotatable bonds is 7.